The van der Waals surface area contributed by atoms with Gasteiger partial charge in [-0.2, -0.15) is 11.8 Å². The summed E-state index contributed by atoms with van der Waals surface area (Å²) in [5, 5.41) is 14.8. The number of amides is 1. The molecule has 5 heteroatoms. The smallest absolute Gasteiger partial charge is 0.261 e. The number of hydrogen-bond donors (Lipinski definition) is 2. The van der Waals surface area contributed by atoms with E-state index < -0.39 is 5.60 Å². The quantitative estimate of drug-likeness (QED) is 0.846. The molecule has 0 spiro atoms. The number of carbonyl (C=O) groups excluding carboxylic acids is 1. The zero-order valence-electron chi connectivity index (χ0n) is 11.3. The molecule has 0 aliphatic carbocycles. The first-order valence-electron chi connectivity index (χ1n) is 5.94. The fourth-order valence-electron chi connectivity index (χ4n) is 1.67. The van der Waals surface area contributed by atoms with Gasteiger partial charge in [-0.3, -0.25) is 4.79 Å². The second-order valence-corrected chi connectivity index (χ2v) is 6.75. The number of thiophene rings is 1. The van der Waals surface area contributed by atoms with E-state index >= 15 is 0 Å². The molecular weight excluding hydrogens is 266 g/mol. The summed E-state index contributed by atoms with van der Waals surface area (Å²) in [5.41, 5.74) is 0.214. The van der Waals surface area contributed by atoms with Gasteiger partial charge >= 0.3 is 0 Å². The Hall–Kier alpha value is -0.520. The number of aliphatic hydroxyl groups is 1. The van der Waals surface area contributed by atoms with Crippen LogP contribution in [0.15, 0.2) is 11.4 Å². The maximum absolute atomic E-state index is 12.1. The molecule has 1 atom stereocenters. The van der Waals surface area contributed by atoms with Crippen LogP contribution in [0.2, 0.25) is 0 Å². The lowest BCUT2D eigenvalue weighted by molar-refractivity contribution is 0.0726. The summed E-state index contributed by atoms with van der Waals surface area (Å²) in [6.45, 7) is 6.16. The predicted molar refractivity (Wildman–Crippen MR) is 79.7 cm³/mol. The molecule has 1 amide bonds. The number of hydrogen-bond acceptors (Lipinski definition) is 4. The molecule has 3 nitrogen and oxygen atoms in total. The molecule has 0 saturated heterocycles. The highest BCUT2D eigenvalue weighted by Gasteiger charge is 2.22. The van der Waals surface area contributed by atoms with Crippen molar-refractivity contribution < 1.29 is 9.90 Å². The molecule has 1 unspecified atom stereocenters. The third-order valence-electron chi connectivity index (χ3n) is 2.61. The fourth-order valence-corrected chi connectivity index (χ4v) is 3.37. The van der Waals surface area contributed by atoms with Gasteiger partial charge < -0.3 is 10.4 Å². The summed E-state index contributed by atoms with van der Waals surface area (Å²) < 4.78 is 0. The third-order valence-corrected chi connectivity index (χ3v) is 4.45. The molecule has 1 aromatic rings. The zero-order valence-corrected chi connectivity index (χ0v) is 13.0. The van der Waals surface area contributed by atoms with Crippen molar-refractivity contribution in [1.29, 1.82) is 0 Å². The lowest BCUT2D eigenvalue weighted by Gasteiger charge is -2.22. The molecule has 1 aromatic heterocycles. The molecule has 18 heavy (non-hydrogen) atoms. The Morgan fingerprint density at radius 1 is 1.61 bits per heavy atom. The average molecular weight is 287 g/mol. The molecule has 0 bridgehead atoms. The lowest BCUT2D eigenvalue weighted by Crippen LogP contribution is -2.42. The Labute approximate surface area is 117 Å². The molecule has 0 radical (unpaired) electrons. The number of nitrogens with one attached hydrogen (secondary N) is 1. The van der Waals surface area contributed by atoms with Crippen molar-refractivity contribution in [3.8, 4) is 0 Å². The van der Waals surface area contributed by atoms with E-state index in [-0.39, 0.29) is 12.5 Å². The summed E-state index contributed by atoms with van der Waals surface area (Å²) in [5.74, 6) is 0.855. The first-order valence-corrected chi connectivity index (χ1v) is 8.21. The van der Waals surface area contributed by atoms with Crippen LogP contribution in [0.5, 0.6) is 0 Å². The third kappa shape index (κ3) is 4.30. The van der Waals surface area contributed by atoms with E-state index in [4.69, 9.17) is 0 Å². The van der Waals surface area contributed by atoms with Crippen LogP contribution in [-0.2, 0) is 0 Å². The lowest BCUT2D eigenvalue weighted by atomic mass is 10.0. The molecule has 0 aliphatic heterocycles. The van der Waals surface area contributed by atoms with Crippen LogP contribution in [-0.4, -0.2) is 35.2 Å². The number of carbonyl (C=O) groups is 1. The molecule has 2 N–H and O–H groups in total. The second kappa shape index (κ2) is 6.59. The van der Waals surface area contributed by atoms with Crippen molar-refractivity contribution in [2.75, 3.05) is 18.6 Å². The summed E-state index contributed by atoms with van der Waals surface area (Å²) in [6.07, 6.45) is 1.94. The number of rotatable bonds is 6. The van der Waals surface area contributed by atoms with E-state index in [2.05, 4.69) is 19.2 Å². The highest BCUT2D eigenvalue weighted by atomic mass is 32.2. The van der Waals surface area contributed by atoms with Crippen molar-refractivity contribution >= 4 is 29.0 Å². The van der Waals surface area contributed by atoms with Crippen molar-refractivity contribution in [1.82, 2.24) is 5.32 Å². The van der Waals surface area contributed by atoms with Crippen molar-refractivity contribution in [2.24, 2.45) is 0 Å². The normalized spacial score (nSPS) is 14.6. The summed E-state index contributed by atoms with van der Waals surface area (Å²) in [4.78, 5) is 12.8. The topological polar surface area (TPSA) is 49.3 Å². The molecular formula is C13H21NO2S2. The molecule has 1 heterocycles. The van der Waals surface area contributed by atoms with Gasteiger partial charge in [0, 0.05) is 12.3 Å². The van der Waals surface area contributed by atoms with Gasteiger partial charge in [-0.15, -0.1) is 11.3 Å². The number of thioether (sulfide) groups is 1. The summed E-state index contributed by atoms with van der Waals surface area (Å²) in [6, 6.07) is 1.99. The Kier molecular flexibility index (Phi) is 5.69. The van der Waals surface area contributed by atoms with Gasteiger partial charge in [0.25, 0.3) is 5.91 Å². The highest BCUT2D eigenvalue weighted by Crippen LogP contribution is 2.24. The van der Waals surface area contributed by atoms with E-state index in [0.29, 0.717) is 11.7 Å². The average Bonchev–Trinajstić information content (AvgIpc) is 2.74. The Morgan fingerprint density at radius 2 is 2.28 bits per heavy atom. The maximum atomic E-state index is 12.1. The SMILES string of the molecule is CSCC(C)(O)CNC(=O)c1sccc1C(C)C. The van der Waals surface area contributed by atoms with Gasteiger partial charge in [0.1, 0.15) is 0 Å². The molecule has 102 valence electrons. The van der Waals surface area contributed by atoms with E-state index in [1.54, 1.807) is 18.7 Å². The van der Waals surface area contributed by atoms with Gasteiger partial charge in [0.15, 0.2) is 0 Å². The van der Waals surface area contributed by atoms with Gasteiger partial charge in [-0.05, 0) is 36.1 Å². The molecule has 0 saturated carbocycles. The predicted octanol–water partition coefficient (Wildman–Crippen LogP) is 2.72. The van der Waals surface area contributed by atoms with Crippen molar-refractivity contribution in [3.63, 3.8) is 0 Å². The van der Waals surface area contributed by atoms with Crippen LogP contribution in [0.25, 0.3) is 0 Å². The van der Waals surface area contributed by atoms with Gasteiger partial charge in [0.05, 0.1) is 10.5 Å². The fraction of sp³-hybridized carbons (Fsp3) is 0.615. The second-order valence-electron chi connectivity index (χ2n) is 4.97. The molecule has 1 rings (SSSR count). The minimum Gasteiger partial charge on any atom is -0.387 e. The van der Waals surface area contributed by atoms with Crippen LogP contribution in [0.4, 0.5) is 0 Å². The minimum atomic E-state index is -0.857. The Morgan fingerprint density at radius 3 is 2.83 bits per heavy atom. The van der Waals surface area contributed by atoms with Crippen LogP contribution in [0, 0.1) is 0 Å². The van der Waals surface area contributed by atoms with E-state index in [1.807, 2.05) is 17.7 Å². The van der Waals surface area contributed by atoms with E-state index in [1.165, 1.54) is 11.3 Å². The Bertz CT molecular complexity index is 399. The van der Waals surface area contributed by atoms with E-state index in [9.17, 15) is 9.90 Å². The first-order chi connectivity index (χ1) is 8.37. The standard InChI is InChI=1S/C13H21NO2S2/c1-9(2)10-5-6-18-11(10)12(15)14-7-13(3,16)8-17-4/h5-6,9,16H,7-8H2,1-4H3,(H,14,15). The molecule has 0 aliphatic rings. The minimum absolute atomic E-state index is 0.0879. The molecule has 0 fully saturated rings. The Balaban J connectivity index is 2.63. The van der Waals surface area contributed by atoms with Crippen LogP contribution < -0.4 is 5.32 Å². The van der Waals surface area contributed by atoms with Gasteiger partial charge in [-0.1, -0.05) is 13.8 Å². The van der Waals surface area contributed by atoms with E-state index in [0.717, 1.165) is 10.4 Å². The first kappa shape index (κ1) is 15.5. The van der Waals surface area contributed by atoms with Crippen molar-refractivity contribution in [3.05, 3.63) is 21.9 Å². The highest BCUT2D eigenvalue weighted by molar-refractivity contribution is 7.98. The van der Waals surface area contributed by atoms with Gasteiger partial charge in [-0.25, -0.2) is 0 Å². The van der Waals surface area contributed by atoms with Crippen LogP contribution in [0.3, 0.4) is 0 Å². The zero-order chi connectivity index (χ0) is 13.8. The summed E-state index contributed by atoms with van der Waals surface area (Å²) in [7, 11) is 0. The largest absolute Gasteiger partial charge is 0.387 e. The van der Waals surface area contributed by atoms with Crippen LogP contribution >= 0.6 is 23.1 Å². The molecule has 0 aromatic carbocycles. The monoisotopic (exact) mass is 287 g/mol. The van der Waals surface area contributed by atoms with Crippen molar-refractivity contribution in [2.45, 2.75) is 32.3 Å². The van der Waals surface area contributed by atoms with Gasteiger partial charge in [0.2, 0.25) is 0 Å². The maximum Gasteiger partial charge on any atom is 0.261 e. The van der Waals surface area contributed by atoms with Crippen LogP contribution in [0.1, 0.15) is 41.9 Å². The summed E-state index contributed by atoms with van der Waals surface area (Å²) >= 11 is 3.02.